The predicted molar refractivity (Wildman–Crippen MR) is 129 cm³/mol. The molecule has 1 aromatic heterocycles. The maximum absolute atomic E-state index is 11.7. The van der Waals surface area contributed by atoms with Crippen LogP contribution in [0.15, 0.2) is 4.99 Å². The Bertz CT molecular complexity index is 592. The fraction of sp³-hybridized carbons (Fsp3) is 0.750. The molecule has 0 saturated carbocycles. The molecule has 28 heavy (non-hydrogen) atoms. The minimum absolute atomic E-state index is 0. The fourth-order valence-electron chi connectivity index (χ4n) is 2.44. The van der Waals surface area contributed by atoms with Crippen LogP contribution in [0.3, 0.4) is 0 Å². The van der Waals surface area contributed by atoms with Crippen LogP contribution in [-0.4, -0.2) is 35.6 Å². The molecule has 8 heteroatoms. The first kappa shape index (κ1) is 27.1. The Hall–Kier alpha value is -0.900. The lowest BCUT2D eigenvalue weighted by Gasteiger charge is -2.19. The third-order valence-electron chi connectivity index (χ3n) is 3.81. The van der Waals surface area contributed by atoms with Crippen LogP contribution in [0.1, 0.15) is 75.4 Å². The second kappa shape index (κ2) is 14.1. The van der Waals surface area contributed by atoms with Gasteiger partial charge in [-0.3, -0.25) is 4.79 Å². The van der Waals surface area contributed by atoms with Gasteiger partial charge in [-0.15, -0.1) is 35.3 Å². The van der Waals surface area contributed by atoms with Gasteiger partial charge in [0.25, 0.3) is 0 Å². The van der Waals surface area contributed by atoms with Crippen molar-refractivity contribution in [3.63, 3.8) is 0 Å². The van der Waals surface area contributed by atoms with Crippen molar-refractivity contribution < 1.29 is 9.53 Å². The molecule has 0 aromatic carbocycles. The van der Waals surface area contributed by atoms with Crippen molar-refractivity contribution in [1.29, 1.82) is 0 Å². The summed E-state index contributed by atoms with van der Waals surface area (Å²) in [7, 11) is 0. The van der Waals surface area contributed by atoms with Gasteiger partial charge in [0, 0.05) is 24.4 Å². The third-order valence-corrected chi connectivity index (χ3v) is 4.87. The molecule has 6 nitrogen and oxygen atoms in total. The van der Waals surface area contributed by atoms with E-state index in [2.05, 4.69) is 34.5 Å². The summed E-state index contributed by atoms with van der Waals surface area (Å²) in [4.78, 5) is 22.0. The van der Waals surface area contributed by atoms with Crippen LogP contribution < -0.4 is 10.6 Å². The average Bonchev–Trinajstić information content (AvgIpc) is 2.88. The van der Waals surface area contributed by atoms with Gasteiger partial charge in [0.1, 0.15) is 10.6 Å². The minimum atomic E-state index is -0.390. The normalized spacial score (nSPS) is 11.7. The second-order valence-corrected chi connectivity index (χ2v) is 8.91. The molecule has 0 aliphatic rings. The Morgan fingerprint density at radius 3 is 2.39 bits per heavy atom. The number of aryl methyl sites for hydroxylation is 2. The van der Waals surface area contributed by atoms with Gasteiger partial charge in [-0.05, 0) is 54.4 Å². The van der Waals surface area contributed by atoms with Gasteiger partial charge in [0.05, 0.1) is 12.2 Å². The van der Waals surface area contributed by atoms with Crippen molar-refractivity contribution in [2.45, 2.75) is 85.8 Å². The van der Waals surface area contributed by atoms with Gasteiger partial charge in [-0.2, -0.15) is 0 Å². The van der Waals surface area contributed by atoms with Crippen LogP contribution in [0, 0.1) is 13.8 Å². The van der Waals surface area contributed by atoms with Crippen LogP contribution in [0.2, 0.25) is 0 Å². The Balaban J connectivity index is 0.00000729. The van der Waals surface area contributed by atoms with Crippen LogP contribution >= 0.6 is 35.3 Å². The second-order valence-electron chi connectivity index (χ2n) is 7.62. The lowest BCUT2D eigenvalue weighted by molar-refractivity contribution is -0.154. The standard InChI is InChI=1S/C20H36N4O2S.HI/c1-7-21-19(23-14-17-24-15(2)16(3)27-17)22-13-11-9-8-10-12-18(25)26-20(4,5)6;/h7-14H2,1-6H3,(H2,21,22,23);1H. The third kappa shape index (κ3) is 12.5. The highest BCUT2D eigenvalue weighted by Gasteiger charge is 2.15. The first-order chi connectivity index (χ1) is 12.7. The van der Waals surface area contributed by atoms with Crippen LogP contribution in [0.5, 0.6) is 0 Å². The quantitative estimate of drug-likeness (QED) is 0.152. The number of esters is 1. The molecule has 0 aliphatic carbocycles. The number of hydrogen-bond acceptors (Lipinski definition) is 5. The van der Waals surface area contributed by atoms with Crippen LogP contribution in [-0.2, 0) is 16.1 Å². The molecule has 1 aromatic rings. The van der Waals surface area contributed by atoms with E-state index in [4.69, 9.17) is 4.74 Å². The van der Waals surface area contributed by atoms with E-state index < -0.39 is 0 Å². The molecular formula is C20H37IN4O2S. The maximum Gasteiger partial charge on any atom is 0.306 e. The number of nitrogens with one attached hydrogen (secondary N) is 2. The van der Waals surface area contributed by atoms with Crippen LogP contribution in [0.4, 0.5) is 0 Å². The molecule has 2 N–H and O–H groups in total. The zero-order chi connectivity index (χ0) is 20.3. The lowest BCUT2D eigenvalue weighted by atomic mass is 10.1. The largest absolute Gasteiger partial charge is 0.460 e. The number of nitrogens with zero attached hydrogens (tertiary/aromatic N) is 2. The van der Waals surface area contributed by atoms with Gasteiger partial charge in [0.15, 0.2) is 5.96 Å². The monoisotopic (exact) mass is 524 g/mol. The number of rotatable bonds is 10. The van der Waals surface area contributed by atoms with E-state index in [-0.39, 0.29) is 35.5 Å². The molecule has 0 aliphatic heterocycles. The molecule has 1 heterocycles. The maximum atomic E-state index is 11.7. The molecule has 0 amide bonds. The summed E-state index contributed by atoms with van der Waals surface area (Å²) in [5.41, 5.74) is 0.702. The van der Waals surface area contributed by atoms with Gasteiger partial charge >= 0.3 is 5.97 Å². The molecule has 0 spiro atoms. The number of carbonyl (C=O) groups is 1. The van der Waals surface area contributed by atoms with Crippen molar-refractivity contribution in [3.05, 3.63) is 15.6 Å². The Morgan fingerprint density at radius 2 is 1.82 bits per heavy atom. The van der Waals surface area contributed by atoms with Crippen LogP contribution in [0.25, 0.3) is 0 Å². The summed E-state index contributed by atoms with van der Waals surface area (Å²) in [5.74, 6) is 0.728. The van der Waals surface area contributed by atoms with E-state index in [1.807, 2.05) is 27.7 Å². The van der Waals surface area contributed by atoms with Crippen molar-refractivity contribution in [2.24, 2.45) is 4.99 Å². The van der Waals surface area contributed by atoms with E-state index in [1.165, 1.54) is 4.88 Å². The van der Waals surface area contributed by atoms with E-state index >= 15 is 0 Å². The zero-order valence-electron chi connectivity index (χ0n) is 18.2. The molecule has 0 bridgehead atoms. The minimum Gasteiger partial charge on any atom is -0.460 e. The SMILES string of the molecule is CCNC(=NCc1nc(C)c(C)s1)NCCCCCCC(=O)OC(C)(C)C.I. The Labute approximate surface area is 191 Å². The number of thiazole rings is 1. The van der Waals surface area contributed by atoms with E-state index in [0.717, 1.165) is 55.4 Å². The first-order valence-corrected chi connectivity index (χ1v) is 10.7. The van der Waals surface area contributed by atoms with Crippen molar-refractivity contribution >= 4 is 47.2 Å². The highest BCUT2D eigenvalue weighted by molar-refractivity contribution is 14.0. The Morgan fingerprint density at radius 1 is 1.14 bits per heavy atom. The number of halogens is 1. The number of hydrogen-bond donors (Lipinski definition) is 2. The number of aromatic nitrogens is 1. The summed E-state index contributed by atoms with van der Waals surface area (Å²) in [5, 5.41) is 7.68. The molecule has 0 unspecified atom stereocenters. The highest BCUT2D eigenvalue weighted by Crippen LogP contribution is 2.17. The lowest BCUT2D eigenvalue weighted by Crippen LogP contribution is -2.37. The molecule has 0 radical (unpaired) electrons. The fourth-order valence-corrected chi connectivity index (χ4v) is 3.30. The number of aliphatic imine (C=N–C) groups is 1. The molecular weight excluding hydrogens is 487 g/mol. The first-order valence-electron chi connectivity index (χ1n) is 9.88. The van der Waals surface area contributed by atoms with Crippen molar-refractivity contribution in [2.75, 3.05) is 13.1 Å². The van der Waals surface area contributed by atoms with Crippen molar-refractivity contribution in [3.8, 4) is 0 Å². The Kier molecular flexibility index (Phi) is 13.7. The number of unbranched alkanes of at least 4 members (excludes halogenated alkanes) is 3. The number of carbonyl (C=O) groups excluding carboxylic acids is 1. The summed E-state index contributed by atoms with van der Waals surface area (Å²) < 4.78 is 5.32. The number of ether oxygens (including phenoxy) is 1. The summed E-state index contributed by atoms with van der Waals surface area (Å²) >= 11 is 1.71. The predicted octanol–water partition coefficient (Wildman–Crippen LogP) is 4.73. The topological polar surface area (TPSA) is 75.6 Å². The van der Waals surface area contributed by atoms with Gasteiger partial charge in [0.2, 0.25) is 0 Å². The van der Waals surface area contributed by atoms with E-state index in [0.29, 0.717) is 13.0 Å². The van der Waals surface area contributed by atoms with Gasteiger partial charge in [-0.25, -0.2) is 9.98 Å². The molecule has 1 rings (SSSR count). The molecule has 0 saturated heterocycles. The highest BCUT2D eigenvalue weighted by atomic mass is 127. The summed E-state index contributed by atoms with van der Waals surface area (Å²) in [6.45, 7) is 14.2. The van der Waals surface area contributed by atoms with E-state index in [1.54, 1.807) is 11.3 Å². The number of guanidine groups is 1. The van der Waals surface area contributed by atoms with Crippen molar-refractivity contribution in [1.82, 2.24) is 15.6 Å². The van der Waals surface area contributed by atoms with E-state index in [9.17, 15) is 4.79 Å². The van der Waals surface area contributed by atoms with Gasteiger partial charge < -0.3 is 15.4 Å². The molecule has 0 atom stereocenters. The summed E-state index contributed by atoms with van der Waals surface area (Å²) in [6, 6.07) is 0. The zero-order valence-corrected chi connectivity index (χ0v) is 21.3. The average molecular weight is 525 g/mol. The smallest absolute Gasteiger partial charge is 0.306 e. The summed E-state index contributed by atoms with van der Waals surface area (Å²) in [6.07, 6.45) is 4.55. The molecule has 162 valence electrons. The molecule has 0 fully saturated rings. The van der Waals surface area contributed by atoms with Gasteiger partial charge in [-0.1, -0.05) is 12.8 Å².